The number of carbonyl (C=O) groups excluding carboxylic acids is 2. The van der Waals surface area contributed by atoms with Gasteiger partial charge in [-0.3, -0.25) is 14.5 Å². The third-order valence-corrected chi connectivity index (χ3v) is 4.64. The number of carbonyl (C=O) groups is 2. The lowest BCUT2D eigenvalue weighted by atomic mass is 10.1. The molecule has 2 amide bonds. The number of unbranched alkanes of at least 4 members (excludes halogenated alkanes) is 1. The van der Waals surface area contributed by atoms with Crippen molar-refractivity contribution in [1.29, 1.82) is 0 Å². The molecular weight excluding hydrogens is 342 g/mol. The van der Waals surface area contributed by atoms with E-state index >= 15 is 0 Å². The van der Waals surface area contributed by atoms with E-state index in [1.165, 1.54) is 4.90 Å². The van der Waals surface area contributed by atoms with Crippen LogP contribution >= 0.6 is 0 Å². The zero-order chi connectivity index (χ0) is 18.8. The Balaban J connectivity index is 1.31. The smallest absolute Gasteiger partial charge is 0.261 e. The molecule has 0 N–H and O–H groups in total. The molecule has 2 aromatic heterocycles. The van der Waals surface area contributed by atoms with Crippen molar-refractivity contribution in [3.63, 3.8) is 0 Å². The van der Waals surface area contributed by atoms with Crippen LogP contribution in [0.15, 0.2) is 49.2 Å². The van der Waals surface area contributed by atoms with Gasteiger partial charge in [-0.2, -0.15) is 0 Å². The summed E-state index contributed by atoms with van der Waals surface area (Å²) in [6.07, 6.45) is 8.84. The van der Waals surface area contributed by atoms with Crippen LogP contribution < -0.4 is 0 Å². The number of aryl methyl sites for hydroxylation is 2. The van der Waals surface area contributed by atoms with E-state index in [0.717, 1.165) is 36.5 Å². The highest BCUT2D eigenvalue weighted by Crippen LogP contribution is 2.22. The summed E-state index contributed by atoms with van der Waals surface area (Å²) in [6, 6.07) is 6.97. The molecule has 0 bridgehead atoms. The van der Waals surface area contributed by atoms with Crippen molar-refractivity contribution in [2.75, 3.05) is 6.54 Å². The van der Waals surface area contributed by atoms with Crippen LogP contribution in [-0.2, 0) is 6.54 Å². The van der Waals surface area contributed by atoms with E-state index in [2.05, 4.69) is 15.0 Å². The lowest BCUT2D eigenvalue weighted by molar-refractivity contribution is 0.0651. The van der Waals surface area contributed by atoms with Crippen molar-refractivity contribution in [3.05, 3.63) is 66.1 Å². The minimum Gasteiger partial charge on any atom is -0.337 e. The van der Waals surface area contributed by atoms with Crippen LogP contribution in [0.25, 0.3) is 11.3 Å². The number of benzene rings is 1. The van der Waals surface area contributed by atoms with Gasteiger partial charge in [0.05, 0.1) is 23.1 Å². The summed E-state index contributed by atoms with van der Waals surface area (Å²) in [4.78, 5) is 38.8. The maximum absolute atomic E-state index is 12.3. The van der Waals surface area contributed by atoms with E-state index in [1.807, 2.05) is 17.7 Å². The van der Waals surface area contributed by atoms with E-state index in [9.17, 15) is 9.59 Å². The molecule has 27 heavy (non-hydrogen) atoms. The Morgan fingerprint density at radius 2 is 1.52 bits per heavy atom. The molecule has 7 heteroatoms. The van der Waals surface area contributed by atoms with Gasteiger partial charge in [0.15, 0.2) is 0 Å². The van der Waals surface area contributed by atoms with Gasteiger partial charge in [0.25, 0.3) is 11.8 Å². The maximum Gasteiger partial charge on any atom is 0.261 e. The van der Waals surface area contributed by atoms with Crippen molar-refractivity contribution >= 4 is 11.8 Å². The van der Waals surface area contributed by atoms with Crippen molar-refractivity contribution in [1.82, 2.24) is 24.4 Å². The summed E-state index contributed by atoms with van der Waals surface area (Å²) in [7, 11) is 0. The van der Waals surface area contributed by atoms with Gasteiger partial charge in [-0.15, -0.1) is 0 Å². The van der Waals surface area contributed by atoms with Gasteiger partial charge in [0, 0.05) is 37.2 Å². The minimum absolute atomic E-state index is 0.195. The molecular formula is C20H19N5O2. The van der Waals surface area contributed by atoms with Crippen molar-refractivity contribution < 1.29 is 9.59 Å². The molecule has 4 rings (SSSR count). The number of rotatable bonds is 6. The molecule has 0 radical (unpaired) electrons. The Labute approximate surface area is 156 Å². The number of aromatic nitrogens is 4. The summed E-state index contributed by atoms with van der Waals surface area (Å²) in [5.74, 6) is 0.339. The van der Waals surface area contributed by atoms with Crippen LogP contribution in [0, 0.1) is 6.92 Å². The van der Waals surface area contributed by atoms with Gasteiger partial charge in [-0.05, 0) is 31.9 Å². The average Bonchev–Trinajstić information content (AvgIpc) is 3.25. The number of hydrogen-bond donors (Lipinski definition) is 0. The standard InChI is InChI=1S/C20H19N5O2/c1-14-21-10-15(11-22-14)18-12-24(13-23-18)8-4-5-9-25-19(26)16-6-2-3-7-17(16)20(25)27/h2-3,6-7,10-13H,4-5,8-9H2,1H3. The van der Waals surface area contributed by atoms with E-state index in [4.69, 9.17) is 0 Å². The van der Waals surface area contributed by atoms with E-state index < -0.39 is 0 Å². The molecule has 136 valence electrons. The lowest BCUT2D eigenvalue weighted by Crippen LogP contribution is -2.30. The number of nitrogens with zero attached hydrogens (tertiary/aromatic N) is 5. The second-order valence-electron chi connectivity index (χ2n) is 6.53. The second kappa shape index (κ2) is 7.11. The third kappa shape index (κ3) is 3.36. The number of imidazole rings is 1. The number of amides is 2. The Bertz CT molecular complexity index is 959. The highest BCUT2D eigenvalue weighted by Gasteiger charge is 2.34. The molecule has 0 aliphatic carbocycles. The Kier molecular flexibility index (Phi) is 4.50. The Hall–Kier alpha value is -3.35. The van der Waals surface area contributed by atoms with Gasteiger partial charge in [0.2, 0.25) is 0 Å². The fraction of sp³-hybridized carbons (Fsp3) is 0.250. The van der Waals surface area contributed by atoms with Crippen molar-refractivity contribution in [3.8, 4) is 11.3 Å². The zero-order valence-corrected chi connectivity index (χ0v) is 15.0. The summed E-state index contributed by atoms with van der Waals surface area (Å²) >= 11 is 0. The van der Waals surface area contributed by atoms with Gasteiger partial charge in [0.1, 0.15) is 5.82 Å². The molecule has 1 aliphatic rings. The van der Waals surface area contributed by atoms with Gasteiger partial charge in [-0.25, -0.2) is 15.0 Å². The molecule has 1 aromatic carbocycles. The molecule has 0 unspecified atom stereocenters. The Morgan fingerprint density at radius 1 is 0.889 bits per heavy atom. The van der Waals surface area contributed by atoms with Crippen LogP contribution in [0.4, 0.5) is 0 Å². The summed E-state index contributed by atoms with van der Waals surface area (Å²) in [6.45, 7) is 3.04. The highest BCUT2D eigenvalue weighted by molar-refractivity contribution is 6.21. The predicted octanol–water partition coefficient (Wildman–Crippen LogP) is 2.72. The molecule has 1 aliphatic heterocycles. The van der Waals surface area contributed by atoms with E-state index in [-0.39, 0.29) is 11.8 Å². The number of fused-ring (bicyclic) bond motifs is 1. The number of hydrogen-bond acceptors (Lipinski definition) is 5. The van der Waals surface area contributed by atoms with Crippen molar-refractivity contribution in [2.24, 2.45) is 0 Å². The lowest BCUT2D eigenvalue weighted by Gasteiger charge is -2.13. The Morgan fingerprint density at radius 3 is 2.19 bits per heavy atom. The second-order valence-corrected chi connectivity index (χ2v) is 6.53. The molecule has 0 fully saturated rings. The third-order valence-electron chi connectivity index (χ3n) is 4.64. The summed E-state index contributed by atoms with van der Waals surface area (Å²) in [5, 5.41) is 0. The van der Waals surface area contributed by atoms with Crippen LogP contribution in [-0.4, -0.2) is 42.8 Å². The molecule has 0 atom stereocenters. The van der Waals surface area contributed by atoms with Gasteiger partial charge < -0.3 is 4.57 Å². The average molecular weight is 361 g/mol. The van der Waals surface area contributed by atoms with E-state index in [0.29, 0.717) is 17.7 Å². The number of imide groups is 1. The normalized spacial score (nSPS) is 13.3. The fourth-order valence-corrected chi connectivity index (χ4v) is 3.16. The first-order valence-electron chi connectivity index (χ1n) is 8.89. The van der Waals surface area contributed by atoms with Crippen LogP contribution in [0.2, 0.25) is 0 Å². The topological polar surface area (TPSA) is 81.0 Å². The minimum atomic E-state index is -0.195. The molecule has 0 saturated carbocycles. The summed E-state index contributed by atoms with van der Waals surface area (Å²) in [5.41, 5.74) is 2.71. The highest BCUT2D eigenvalue weighted by atomic mass is 16.2. The fourth-order valence-electron chi connectivity index (χ4n) is 3.16. The zero-order valence-electron chi connectivity index (χ0n) is 15.0. The SMILES string of the molecule is Cc1ncc(-c2cn(CCCCN3C(=O)c4ccccc4C3=O)cn2)cn1. The molecule has 3 aromatic rings. The van der Waals surface area contributed by atoms with Crippen LogP contribution in [0.3, 0.4) is 0 Å². The first-order chi connectivity index (χ1) is 13.1. The van der Waals surface area contributed by atoms with E-state index in [1.54, 1.807) is 43.0 Å². The predicted molar refractivity (Wildman–Crippen MR) is 99.0 cm³/mol. The molecule has 0 saturated heterocycles. The molecule has 3 heterocycles. The van der Waals surface area contributed by atoms with Gasteiger partial charge in [-0.1, -0.05) is 12.1 Å². The monoisotopic (exact) mass is 361 g/mol. The van der Waals surface area contributed by atoms with Crippen LogP contribution in [0.5, 0.6) is 0 Å². The maximum atomic E-state index is 12.3. The molecule has 7 nitrogen and oxygen atoms in total. The van der Waals surface area contributed by atoms with Crippen LogP contribution in [0.1, 0.15) is 39.4 Å². The quantitative estimate of drug-likeness (QED) is 0.498. The largest absolute Gasteiger partial charge is 0.337 e. The first kappa shape index (κ1) is 17.1. The first-order valence-corrected chi connectivity index (χ1v) is 8.89. The van der Waals surface area contributed by atoms with Crippen molar-refractivity contribution in [2.45, 2.75) is 26.3 Å². The van der Waals surface area contributed by atoms with Gasteiger partial charge >= 0.3 is 0 Å². The summed E-state index contributed by atoms with van der Waals surface area (Å²) < 4.78 is 2.00. The molecule has 0 spiro atoms.